The van der Waals surface area contributed by atoms with E-state index in [1.54, 1.807) is 0 Å². The normalized spacial score (nSPS) is 17.9. The van der Waals surface area contributed by atoms with Gasteiger partial charge in [-0.2, -0.15) is 0 Å². The van der Waals surface area contributed by atoms with Gasteiger partial charge < -0.3 is 15.3 Å². The zero-order valence-corrected chi connectivity index (χ0v) is 16.6. The Hall–Kier alpha value is -4.38. The molecule has 0 atom stereocenters. The van der Waals surface area contributed by atoms with Gasteiger partial charge in [-0.1, -0.05) is 18.2 Å². The van der Waals surface area contributed by atoms with Gasteiger partial charge in [0.1, 0.15) is 0 Å². The molecule has 0 saturated carbocycles. The molecule has 5 nitrogen and oxygen atoms in total. The van der Waals surface area contributed by atoms with Gasteiger partial charge in [-0.25, -0.2) is 9.98 Å². The topological polar surface area (TPSA) is 68.3 Å². The maximum Gasteiger partial charge on any atom is 0.0893 e. The molecule has 0 fully saturated rings. The van der Waals surface area contributed by atoms with Crippen molar-refractivity contribution in [3.05, 3.63) is 118 Å². The van der Waals surface area contributed by atoms with Gasteiger partial charge in [0.2, 0.25) is 0 Å². The Morgan fingerprint density at radius 2 is 1.48 bits per heavy atom. The SMILES string of the molecule is C1=CC2=NC1=Cc1ccc([nH]1)C=c1ccc([nH]1)=CC1=CC(=Nc3ccccc3)C(=C2)N1. The van der Waals surface area contributed by atoms with Crippen LogP contribution in [0.5, 0.6) is 0 Å². The van der Waals surface area contributed by atoms with E-state index >= 15 is 0 Å². The number of nitrogens with zero attached hydrogens (tertiary/aromatic N) is 2. The van der Waals surface area contributed by atoms with Crippen LogP contribution in [0.25, 0.3) is 18.2 Å². The number of aliphatic imine (C=N–C) groups is 2. The maximum absolute atomic E-state index is 4.84. The molecule has 8 bridgehead atoms. The van der Waals surface area contributed by atoms with Crippen molar-refractivity contribution in [3.63, 3.8) is 0 Å². The Bertz CT molecular complexity index is 1480. The van der Waals surface area contributed by atoms with Crippen LogP contribution in [0.1, 0.15) is 11.4 Å². The minimum Gasteiger partial charge on any atom is -0.355 e. The molecular formula is C26H19N5. The molecule has 3 aliphatic heterocycles. The first-order chi connectivity index (χ1) is 15.3. The largest absolute Gasteiger partial charge is 0.355 e. The molecule has 0 aliphatic carbocycles. The zero-order valence-electron chi connectivity index (χ0n) is 16.6. The Balaban J connectivity index is 1.53. The van der Waals surface area contributed by atoms with E-state index in [1.165, 1.54) is 0 Å². The summed E-state index contributed by atoms with van der Waals surface area (Å²) < 4.78 is 0. The third-order valence-electron chi connectivity index (χ3n) is 5.22. The summed E-state index contributed by atoms with van der Waals surface area (Å²) in [6.07, 6.45) is 14.4. The lowest BCUT2D eigenvalue weighted by Gasteiger charge is -2.03. The van der Waals surface area contributed by atoms with Crippen molar-refractivity contribution in [1.82, 2.24) is 15.3 Å². The smallest absolute Gasteiger partial charge is 0.0893 e. The Kier molecular flexibility index (Phi) is 4.03. The number of hydrogen-bond donors (Lipinski definition) is 3. The van der Waals surface area contributed by atoms with Crippen molar-refractivity contribution in [2.45, 2.75) is 0 Å². The van der Waals surface area contributed by atoms with E-state index in [9.17, 15) is 0 Å². The van der Waals surface area contributed by atoms with Crippen LogP contribution in [0.15, 0.2) is 106 Å². The van der Waals surface area contributed by atoms with Gasteiger partial charge in [-0.3, -0.25) is 0 Å². The summed E-state index contributed by atoms with van der Waals surface area (Å²) in [5, 5.41) is 5.54. The second-order valence-electron chi connectivity index (χ2n) is 7.58. The number of benzene rings is 1. The van der Waals surface area contributed by atoms with Crippen molar-refractivity contribution in [1.29, 1.82) is 0 Å². The number of aromatic nitrogens is 2. The first-order valence-corrected chi connectivity index (χ1v) is 10.2. The number of para-hydroxylation sites is 1. The van der Waals surface area contributed by atoms with Crippen LogP contribution >= 0.6 is 0 Å². The highest BCUT2D eigenvalue weighted by Crippen LogP contribution is 2.20. The molecule has 0 spiro atoms. The highest BCUT2D eigenvalue weighted by atomic mass is 15.0. The van der Waals surface area contributed by atoms with Crippen LogP contribution in [0.4, 0.5) is 5.69 Å². The fourth-order valence-corrected chi connectivity index (χ4v) is 3.80. The Morgan fingerprint density at radius 3 is 2.35 bits per heavy atom. The highest BCUT2D eigenvalue weighted by molar-refractivity contribution is 6.18. The third kappa shape index (κ3) is 3.65. The summed E-state index contributed by atoms with van der Waals surface area (Å²) >= 11 is 0. The van der Waals surface area contributed by atoms with Crippen molar-refractivity contribution < 1.29 is 0 Å². The van der Waals surface area contributed by atoms with Crippen LogP contribution < -0.4 is 16.0 Å². The monoisotopic (exact) mass is 401 g/mol. The van der Waals surface area contributed by atoms with Crippen molar-refractivity contribution >= 4 is 35.3 Å². The molecule has 3 N–H and O–H groups in total. The van der Waals surface area contributed by atoms with Gasteiger partial charge in [-0.15, -0.1) is 0 Å². The summed E-state index contributed by atoms with van der Waals surface area (Å²) in [5.74, 6) is 0. The van der Waals surface area contributed by atoms with Crippen molar-refractivity contribution in [2.24, 2.45) is 9.98 Å². The number of H-pyrrole nitrogens is 2. The second-order valence-corrected chi connectivity index (χ2v) is 7.58. The van der Waals surface area contributed by atoms with E-state index in [0.29, 0.717) is 0 Å². The van der Waals surface area contributed by atoms with Gasteiger partial charge >= 0.3 is 0 Å². The molecule has 0 saturated heterocycles. The molecule has 0 unspecified atom stereocenters. The van der Waals surface area contributed by atoms with Crippen LogP contribution in [0, 0.1) is 0 Å². The number of rotatable bonds is 1. The van der Waals surface area contributed by atoms with Crippen LogP contribution in [-0.2, 0) is 0 Å². The molecular weight excluding hydrogens is 382 g/mol. The number of nitrogens with one attached hydrogen (secondary N) is 3. The van der Waals surface area contributed by atoms with Gasteiger partial charge in [-0.05, 0) is 78.9 Å². The first-order valence-electron chi connectivity index (χ1n) is 10.2. The average Bonchev–Trinajstić information content (AvgIpc) is 3.55. The fraction of sp³-hybridized carbons (Fsp3) is 0. The fourth-order valence-electron chi connectivity index (χ4n) is 3.80. The summed E-state index contributed by atoms with van der Waals surface area (Å²) in [6, 6.07) is 18.3. The van der Waals surface area contributed by atoms with E-state index in [0.717, 1.165) is 56.3 Å². The van der Waals surface area contributed by atoms with Crippen molar-refractivity contribution in [3.8, 4) is 0 Å². The summed E-state index contributed by atoms with van der Waals surface area (Å²) in [4.78, 5) is 16.5. The lowest BCUT2D eigenvalue weighted by Crippen LogP contribution is -2.14. The molecule has 3 aromatic rings. The lowest BCUT2D eigenvalue weighted by molar-refractivity contribution is 1.12. The van der Waals surface area contributed by atoms with Crippen molar-refractivity contribution in [2.75, 3.05) is 0 Å². The minimum absolute atomic E-state index is 0.877. The molecule has 5 heteroatoms. The van der Waals surface area contributed by atoms with Crippen LogP contribution in [0.2, 0.25) is 0 Å². The predicted molar refractivity (Wildman–Crippen MR) is 126 cm³/mol. The van der Waals surface area contributed by atoms with Gasteiger partial charge in [0, 0.05) is 27.8 Å². The number of hydrogen-bond acceptors (Lipinski definition) is 3. The average molecular weight is 401 g/mol. The van der Waals surface area contributed by atoms with E-state index in [2.05, 4.69) is 57.8 Å². The number of fused-ring (bicyclic) bond motifs is 7. The minimum atomic E-state index is 0.877. The number of aromatic amines is 2. The predicted octanol–water partition coefficient (Wildman–Crippen LogP) is 3.46. The van der Waals surface area contributed by atoms with Gasteiger partial charge in [0.15, 0.2) is 0 Å². The highest BCUT2D eigenvalue weighted by Gasteiger charge is 2.16. The molecule has 0 radical (unpaired) electrons. The van der Waals surface area contributed by atoms with Gasteiger partial charge in [0.25, 0.3) is 0 Å². The number of allylic oxidation sites excluding steroid dienone is 5. The van der Waals surface area contributed by atoms with E-state index in [1.807, 2.05) is 54.6 Å². The molecule has 2 aromatic heterocycles. The Labute approximate surface area is 179 Å². The quantitative estimate of drug-likeness (QED) is 0.574. The molecule has 6 rings (SSSR count). The summed E-state index contributed by atoms with van der Waals surface area (Å²) in [5.41, 5.74) is 7.54. The first kappa shape index (κ1) is 17.5. The molecule has 3 aliphatic rings. The molecule has 0 amide bonds. The molecule has 31 heavy (non-hydrogen) atoms. The second kappa shape index (κ2) is 7.15. The molecule has 5 heterocycles. The zero-order chi connectivity index (χ0) is 20.6. The maximum atomic E-state index is 4.84. The van der Waals surface area contributed by atoms with E-state index in [4.69, 9.17) is 9.98 Å². The van der Waals surface area contributed by atoms with Gasteiger partial charge in [0.05, 0.1) is 28.5 Å². The molecule has 1 aromatic carbocycles. The Morgan fingerprint density at radius 1 is 0.677 bits per heavy atom. The standard InChI is InChI=1S/C26H19N5/c1-2-4-17(5-3-1)30-26-16-24-14-22-9-8-20(28-22)12-18-6-7-19(27-18)13-21-10-11-23(29-21)15-25(26)31-24/h1-16,27-28,31H. The van der Waals surface area contributed by atoms with Crippen LogP contribution in [-0.4, -0.2) is 21.4 Å². The summed E-state index contributed by atoms with van der Waals surface area (Å²) in [6.45, 7) is 0. The molecule has 148 valence electrons. The van der Waals surface area contributed by atoms with E-state index in [-0.39, 0.29) is 0 Å². The summed E-state index contributed by atoms with van der Waals surface area (Å²) in [7, 11) is 0. The third-order valence-corrected chi connectivity index (χ3v) is 5.22. The lowest BCUT2D eigenvalue weighted by atomic mass is 10.2. The van der Waals surface area contributed by atoms with Crippen LogP contribution in [0.3, 0.4) is 0 Å². The van der Waals surface area contributed by atoms with E-state index < -0.39 is 0 Å².